The fourth-order valence-corrected chi connectivity index (χ4v) is 1.71. The van der Waals surface area contributed by atoms with Crippen LogP contribution in [0.3, 0.4) is 0 Å². The Balaban J connectivity index is 1.92. The van der Waals surface area contributed by atoms with Crippen molar-refractivity contribution < 1.29 is 4.79 Å². The smallest absolute Gasteiger partial charge is 0.319 e. The van der Waals surface area contributed by atoms with E-state index in [0.29, 0.717) is 0 Å². The number of anilines is 1. The summed E-state index contributed by atoms with van der Waals surface area (Å²) in [5, 5.41) is 5.69. The van der Waals surface area contributed by atoms with Gasteiger partial charge in [0.15, 0.2) is 0 Å². The van der Waals surface area contributed by atoms with Gasteiger partial charge in [0.05, 0.1) is 6.04 Å². The summed E-state index contributed by atoms with van der Waals surface area (Å²) in [6.07, 6.45) is 0. The molecule has 92 valence electrons. The molecule has 0 saturated carbocycles. The van der Waals surface area contributed by atoms with Crippen LogP contribution in [-0.2, 0) is 0 Å². The predicted molar refractivity (Wildman–Crippen MR) is 73.5 cm³/mol. The molecule has 3 nitrogen and oxygen atoms in total. The third-order valence-corrected chi connectivity index (χ3v) is 2.68. The minimum atomic E-state index is -0.197. The number of urea groups is 1. The molecule has 0 radical (unpaired) electrons. The van der Waals surface area contributed by atoms with Gasteiger partial charge in [0.2, 0.25) is 0 Å². The van der Waals surface area contributed by atoms with Gasteiger partial charge in [0.1, 0.15) is 0 Å². The monoisotopic (exact) mass is 240 g/mol. The standard InChI is InChI=1S/C15H16N2O/c1-12(13-8-4-2-5-9-13)16-15(18)17-14-10-6-3-7-11-14/h2-12H,1H3,(H2,16,17,18)/t12-/m0/s1. The molecule has 0 aliphatic heterocycles. The van der Waals surface area contributed by atoms with Crippen molar-refractivity contribution in [3.05, 3.63) is 66.2 Å². The zero-order valence-electron chi connectivity index (χ0n) is 10.3. The molecule has 2 N–H and O–H groups in total. The molecule has 0 bridgehead atoms. The van der Waals surface area contributed by atoms with Gasteiger partial charge in [0, 0.05) is 5.69 Å². The van der Waals surface area contributed by atoms with Gasteiger partial charge in [-0.05, 0) is 24.6 Å². The summed E-state index contributed by atoms with van der Waals surface area (Å²) in [4.78, 5) is 11.8. The minimum absolute atomic E-state index is 0.0186. The van der Waals surface area contributed by atoms with Crippen LogP contribution < -0.4 is 10.6 Å². The topological polar surface area (TPSA) is 41.1 Å². The second-order valence-corrected chi connectivity index (χ2v) is 4.10. The molecule has 0 spiro atoms. The van der Waals surface area contributed by atoms with Crippen LogP contribution in [0.2, 0.25) is 0 Å². The van der Waals surface area contributed by atoms with Gasteiger partial charge in [-0.2, -0.15) is 0 Å². The lowest BCUT2D eigenvalue weighted by Crippen LogP contribution is -2.31. The van der Waals surface area contributed by atoms with E-state index in [4.69, 9.17) is 0 Å². The molecule has 0 aliphatic carbocycles. The molecular weight excluding hydrogens is 224 g/mol. The van der Waals surface area contributed by atoms with Crippen LogP contribution in [0.25, 0.3) is 0 Å². The lowest BCUT2D eigenvalue weighted by molar-refractivity contribution is 0.249. The molecule has 2 rings (SSSR count). The number of hydrogen-bond acceptors (Lipinski definition) is 1. The van der Waals surface area contributed by atoms with E-state index in [1.165, 1.54) is 0 Å². The van der Waals surface area contributed by atoms with Crippen LogP contribution in [0, 0.1) is 0 Å². The number of nitrogens with one attached hydrogen (secondary N) is 2. The molecular formula is C15H16N2O. The highest BCUT2D eigenvalue weighted by Gasteiger charge is 2.08. The van der Waals surface area contributed by atoms with Crippen LogP contribution in [0.15, 0.2) is 60.7 Å². The number of carbonyl (C=O) groups excluding carboxylic acids is 1. The molecule has 0 heterocycles. The van der Waals surface area contributed by atoms with Crippen LogP contribution in [0.1, 0.15) is 18.5 Å². The lowest BCUT2D eigenvalue weighted by atomic mass is 10.1. The average Bonchev–Trinajstić information content (AvgIpc) is 2.40. The van der Waals surface area contributed by atoms with E-state index in [1.807, 2.05) is 67.6 Å². The fourth-order valence-electron chi connectivity index (χ4n) is 1.71. The second-order valence-electron chi connectivity index (χ2n) is 4.10. The predicted octanol–water partition coefficient (Wildman–Crippen LogP) is 3.57. The molecule has 2 aromatic carbocycles. The first-order chi connectivity index (χ1) is 8.75. The molecule has 0 saturated heterocycles. The third-order valence-electron chi connectivity index (χ3n) is 2.68. The molecule has 2 aromatic rings. The van der Waals surface area contributed by atoms with Crippen molar-refractivity contribution in [1.29, 1.82) is 0 Å². The largest absolute Gasteiger partial charge is 0.331 e. The maximum Gasteiger partial charge on any atom is 0.319 e. The Bertz CT molecular complexity index is 496. The Morgan fingerprint density at radius 2 is 1.50 bits per heavy atom. The summed E-state index contributed by atoms with van der Waals surface area (Å²) in [6.45, 7) is 1.96. The first-order valence-electron chi connectivity index (χ1n) is 5.93. The molecule has 0 aromatic heterocycles. The van der Waals surface area contributed by atoms with Gasteiger partial charge in [0.25, 0.3) is 0 Å². The van der Waals surface area contributed by atoms with Gasteiger partial charge in [-0.1, -0.05) is 48.5 Å². The summed E-state index contributed by atoms with van der Waals surface area (Å²) in [6, 6.07) is 19.0. The number of carbonyl (C=O) groups is 1. The van der Waals surface area contributed by atoms with Crippen molar-refractivity contribution in [2.75, 3.05) is 5.32 Å². The summed E-state index contributed by atoms with van der Waals surface area (Å²) < 4.78 is 0. The van der Waals surface area contributed by atoms with Crippen molar-refractivity contribution in [3.63, 3.8) is 0 Å². The number of hydrogen-bond donors (Lipinski definition) is 2. The van der Waals surface area contributed by atoms with E-state index in [9.17, 15) is 4.79 Å². The Hall–Kier alpha value is -2.29. The molecule has 18 heavy (non-hydrogen) atoms. The Morgan fingerprint density at radius 3 is 2.11 bits per heavy atom. The van der Waals surface area contributed by atoms with Gasteiger partial charge < -0.3 is 10.6 Å². The molecule has 1 atom stereocenters. The van der Waals surface area contributed by atoms with E-state index in [2.05, 4.69) is 10.6 Å². The number of rotatable bonds is 3. The van der Waals surface area contributed by atoms with Gasteiger partial charge in [-0.15, -0.1) is 0 Å². The fraction of sp³-hybridized carbons (Fsp3) is 0.133. The lowest BCUT2D eigenvalue weighted by Gasteiger charge is -2.14. The Labute approximate surface area is 107 Å². The highest BCUT2D eigenvalue weighted by atomic mass is 16.2. The zero-order valence-corrected chi connectivity index (χ0v) is 10.3. The first-order valence-corrected chi connectivity index (χ1v) is 5.93. The summed E-state index contributed by atoms with van der Waals surface area (Å²) in [7, 11) is 0. The van der Waals surface area contributed by atoms with E-state index < -0.39 is 0 Å². The maximum absolute atomic E-state index is 11.8. The molecule has 2 amide bonds. The summed E-state index contributed by atoms with van der Waals surface area (Å²) in [5.74, 6) is 0. The normalized spacial score (nSPS) is 11.6. The number of amides is 2. The van der Waals surface area contributed by atoms with Gasteiger partial charge in [-0.25, -0.2) is 4.79 Å². The van der Waals surface area contributed by atoms with Crippen molar-refractivity contribution in [1.82, 2.24) is 5.32 Å². The highest BCUT2D eigenvalue weighted by Crippen LogP contribution is 2.11. The second kappa shape index (κ2) is 5.87. The molecule has 0 fully saturated rings. The Morgan fingerprint density at radius 1 is 0.944 bits per heavy atom. The maximum atomic E-state index is 11.8. The van der Waals surface area contributed by atoms with Crippen LogP contribution in [-0.4, -0.2) is 6.03 Å². The first kappa shape index (κ1) is 12.2. The van der Waals surface area contributed by atoms with Crippen LogP contribution >= 0.6 is 0 Å². The SMILES string of the molecule is C[C@H](NC(=O)Nc1ccccc1)c1ccccc1. The van der Waals surface area contributed by atoms with E-state index in [0.717, 1.165) is 11.3 Å². The zero-order chi connectivity index (χ0) is 12.8. The Kier molecular flexibility index (Phi) is 3.97. The number of benzene rings is 2. The average molecular weight is 240 g/mol. The van der Waals surface area contributed by atoms with Crippen molar-refractivity contribution in [2.24, 2.45) is 0 Å². The van der Waals surface area contributed by atoms with Gasteiger partial charge >= 0.3 is 6.03 Å². The highest BCUT2D eigenvalue weighted by molar-refractivity contribution is 5.89. The van der Waals surface area contributed by atoms with E-state index in [-0.39, 0.29) is 12.1 Å². The molecule has 0 aliphatic rings. The minimum Gasteiger partial charge on any atom is -0.331 e. The quantitative estimate of drug-likeness (QED) is 0.846. The van der Waals surface area contributed by atoms with E-state index in [1.54, 1.807) is 0 Å². The van der Waals surface area contributed by atoms with Crippen molar-refractivity contribution in [2.45, 2.75) is 13.0 Å². The summed E-state index contributed by atoms with van der Waals surface area (Å²) in [5.41, 5.74) is 1.87. The molecule has 0 unspecified atom stereocenters. The van der Waals surface area contributed by atoms with Crippen LogP contribution in [0.4, 0.5) is 10.5 Å². The summed E-state index contributed by atoms with van der Waals surface area (Å²) >= 11 is 0. The van der Waals surface area contributed by atoms with Crippen LogP contribution in [0.5, 0.6) is 0 Å². The third kappa shape index (κ3) is 3.35. The van der Waals surface area contributed by atoms with Crippen molar-refractivity contribution in [3.8, 4) is 0 Å². The van der Waals surface area contributed by atoms with Gasteiger partial charge in [-0.3, -0.25) is 0 Å². The molecule has 3 heteroatoms. The van der Waals surface area contributed by atoms with E-state index >= 15 is 0 Å². The van der Waals surface area contributed by atoms with Crippen molar-refractivity contribution >= 4 is 11.7 Å². The number of para-hydroxylation sites is 1.